The molecule has 55 heavy (non-hydrogen) atoms. The van der Waals surface area contributed by atoms with E-state index in [9.17, 15) is 37.1 Å². The smallest absolute Gasteiger partial charge is 1.00 e. The number of epoxide rings is 3. The molecule has 0 aromatic carbocycles. The molecule has 3 rings (SSSR count). The van der Waals surface area contributed by atoms with Gasteiger partial charge < -0.3 is 48.6 Å². The van der Waals surface area contributed by atoms with Crippen LogP contribution in [0.2, 0.25) is 0 Å². The number of hydroxylamine groups is 2. The maximum absolute atomic E-state index is 10.6. The number of nitrogens with two attached hydrogens (primary N) is 1. The van der Waals surface area contributed by atoms with Crippen LogP contribution in [0.3, 0.4) is 0 Å². The summed E-state index contributed by atoms with van der Waals surface area (Å²) >= 11 is 0. The molecule has 0 radical (unpaired) electrons. The molecule has 5 unspecified atom stereocenters. The fourth-order valence-electron chi connectivity index (χ4n) is 1.98. The van der Waals surface area contributed by atoms with Crippen LogP contribution in [0.15, 0.2) is 31.9 Å². The molecule has 0 aliphatic carbocycles. The summed E-state index contributed by atoms with van der Waals surface area (Å²) in [4.78, 5) is 65.0. The Labute approximate surface area is 359 Å². The number of amides is 1. The Morgan fingerprint density at radius 1 is 0.945 bits per heavy atom. The van der Waals surface area contributed by atoms with Gasteiger partial charge in [0.15, 0.2) is 23.1 Å². The largest absolute Gasteiger partial charge is 2.00 e. The van der Waals surface area contributed by atoms with E-state index in [1.165, 1.54) is 24.3 Å². The fourth-order valence-corrected chi connectivity index (χ4v) is 1.98. The number of hydrogen-bond donors (Lipinski definition) is 2. The summed E-state index contributed by atoms with van der Waals surface area (Å²) in [6.07, 6.45) is -1.96. The van der Waals surface area contributed by atoms with Crippen LogP contribution < -0.4 is 22.7 Å². The van der Waals surface area contributed by atoms with E-state index in [-0.39, 0.29) is 100 Å². The van der Waals surface area contributed by atoms with Crippen LogP contribution in [0.1, 0.15) is 83.3 Å². The number of carbonyl (C=O) groups excluding carboxylic acids is 6. The topological polar surface area (TPSA) is 199 Å². The Hall–Kier alpha value is -1.73. The molecule has 3 heterocycles. The predicted molar refractivity (Wildman–Crippen MR) is 211 cm³/mol. The zero-order chi connectivity index (χ0) is 45.2. The number of rotatable bonds is 12. The van der Waals surface area contributed by atoms with Crippen molar-refractivity contribution in [3.8, 4) is 0 Å². The van der Waals surface area contributed by atoms with Crippen LogP contribution in [-0.2, 0) is 47.8 Å². The zero-order valence-electron chi connectivity index (χ0n) is 36.1. The Bertz CT molecular complexity index is 984. The van der Waals surface area contributed by atoms with E-state index in [4.69, 9.17) is 27.8 Å². The average Bonchev–Trinajstić information content (AvgIpc) is 4.03. The van der Waals surface area contributed by atoms with Crippen molar-refractivity contribution in [3.63, 3.8) is 0 Å². The number of ketones is 4. The van der Waals surface area contributed by atoms with Crippen molar-refractivity contribution < 1.29 is 85.8 Å². The van der Waals surface area contributed by atoms with Crippen LogP contribution in [0.5, 0.6) is 0 Å². The standard InChI is InChI=1S/C5H11NO2.C5H10O2.C5H8O2.2C5H8O.C4H7NO2.C2HF3O.C2H6.C2H3.CH5P.BrH.Mg/c1-4-5(7)6(2)8-3;2*1-2-4(6)5-3-7-5;2*1-3-5(6)4-2;5-1-3(6)4-2-7-4;3-2(4,5)1-6;3*1-2;;/h4H2,1-3H3;4-6H,2-3H2,1H3;5H,2-3H2,1H3;2*3H,1,4H2,2H3;4H,1-2,5H2;1H;1-2H3;1H,2H2;2H2,1H3;1H;/q;;;;;;;;-1;;;+2/p-1/i;;;;;;1D;;;1D;;. The molecule has 3 saturated heterocycles. The number of allylic oxidation sites excluding steroid dienone is 2. The third kappa shape index (κ3) is 67.4. The SMILES string of the molecule is C=CC(=O)CC.C=CC(=O)CC.CC.CCC(=O)C1CO1.CCC(=O)N(C)OC.CCC(O)C1CO1.NCC(=O)C1CO1.[2H]C(=O)C(F)(F)F.[2H]CP.[Br-].[CH-]=C.[Mg+2]. The van der Waals surface area contributed by atoms with E-state index in [0.717, 1.165) is 13.0 Å². The normalized spacial score (nSPS) is 16.0. The van der Waals surface area contributed by atoms with Crippen LogP contribution >= 0.6 is 9.24 Å². The molecule has 3 N–H and O–H groups in total. The maximum Gasteiger partial charge on any atom is 2.00 e. The van der Waals surface area contributed by atoms with Gasteiger partial charge in [-0.1, -0.05) is 68.3 Å². The second kappa shape index (κ2) is 54.4. The summed E-state index contributed by atoms with van der Waals surface area (Å²) in [7, 11) is 5.30. The summed E-state index contributed by atoms with van der Waals surface area (Å²) in [5.41, 5.74) is 4.98. The van der Waals surface area contributed by atoms with Crippen LogP contribution in [-0.4, -0.2) is 146 Å². The molecule has 0 spiro atoms. The first-order chi connectivity index (χ1) is 25.7. The molecule has 19 heteroatoms. The van der Waals surface area contributed by atoms with Gasteiger partial charge in [-0.2, -0.15) is 13.2 Å². The van der Waals surface area contributed by atoms with Gasteiger partial charge in [0.2, 0.25) is 12.2 Å². The fraction of sp³-hybridized carbons (Fsp3) is 0.667. The molecule has 322 valence electrons. The molecule has 0 aromatic rings. The van der Waals surface area contributed by atoms with Gasteiger partial charge in [0, 0.05) is 34.1 Å². The Kier molecular flexibility index (Phi) is 67.2. The van der Waals surface area contributed by atoms with Crippen molar-refractivity contribution in [2.75, 3.05) is 47.2 Å². The number of aliphatic hydroxyl groups is 1. The van der Waals surface area contributed by atoms with Crippen molar-refractivity contribution in [1.82, 2.24) is 5.06 Å². The summed E-state index contributed by atoms with van der Waals surface area (Å²) in [6.45, 7) is 29.3. The third-order valence-corrected chi connectivity index (χ3v) is 5.34. The van der Waals surface area contributed by atoms with Gasteiger partial charge in [-0.15, -0.1) is 9.24 Å². The van der Waals surface area contributed by atoms with Crippen LogP contribution in [0.25, 0.3) is 0 Å². The minimum atomic E-state index is -4.97. The van der Waals surface area contributed by atoms with Crippen molar-refractivity contribution in [2.24, 2.45) is 5.73 Å². The quantitative estimate of drug-likeness (QED) is 0.0548. The summed E-state index contributed by atoms with van der Waals surface area (Å²) in [5.74, 6) is 0.456. The monoisotopic (exact) mass is 896 g/mol. The molecule has 5 atom stereocenters. The first-order valence-electron chi connectivity index (χ1n) is 17.8. The first-order valence-corrected chi connectivity index (χ1v) is 17.4. The molecular formula is C36H67BrF3MgN2O11P. The van der Waals surface area contributed by atoms with Gasteiger partial charge in [0.05, 0.1) is 39.6 Å². The van der Waals surface area contributed by atoms with Crippen LogP contribution in [0.4, 0.5) is 13.2 Å². The number of ether oxygens (including phenoxy) is 3. The van der Waals surface area contributed by atoms with E-state index in [0.29, 0.717) is 45.5 Å². The van der Waals surface area contributed by atoms with Gasteiger partial charge in [-0.05, 0) is 18.6 Å². The molecule has 3 aliphatic rings. The van der Waals surface area contributed by atoms with E-state index < -0.39 is 12.4 Å². The van der Waals surface area contributed by atoms with Gasteiger partial charge in [-0.25, -0.2) is 5.06 Å². The molecule has 0 saturated carbocycles. The van der Waals surface area contributed by atoms with Gasteiger partial charge in [0.25, 0.3) is 0 Å². The van der Waals surface area contributed by atoms with E-state index >= 15 is 0 Å². The maximum atomic E-state index is 10.6. The van der Waals surface area contributed by atoms with Crippen molar-refractivity contribution in [3.05, 3.63) is 38.5 Å². The molecule has 0 bridgehead atoms. The zero-order valence-corrected chi connectivity index (χ0v) is 38.2. The van der Waals surface area contributed by atoms with Crippen molar-refractivity contribution in [1.29, 1.82) is 0 Å². The van der Waals surface area contributed by atoms with Gasteiger partial charge in [-0.3, -0.25) is 40.2 Å². The predicted octanol–water partition coefficient (Wildman–Crippen LogP) is 1.65. The number of alkyl halides is 3. The van der Waals surface area contributed by atoms with Crippen LogP contribution in [0, 0.1) is 6.58 Å². The number of aliphatic hydroxyl groups excluding tert-OH is 1. The second-order valence-corrected chi connectivity index (χ2v) is 9.06. The van der Waals surface area contributed by atoms with E-state index in [1.807, 2.05) is 41.5 Å². The number of Topliss-reactive ketones (excluding diaryl/α,β-unsaturated/α-hetero) is 2. The molecule has 3 fully saturated rings. The van der Waals surface area contributed by atoms with Gasteiger partial charge >= 0.3 is 29.2 Å². The number of aldehydes is 1. The second-order valence-electron chi connectivity index (χ2n) is 9.06. The third-order valence-electron chi connectivity index (χ3n) is 5.34. The summed E-state index contributed by atoms with van der Waals surface area (Å²) in [5, 5.41) is 10.1. The Morgan fingerprint density at radius 3 is 1.35 bits per heavy atom. The molecular weight excluding hydrogens is 829 g/mol. The molecule has 0 aromatic heterocycles. The minimum Gasteiger partial charge on any atom is -1.00 e. The van der Waals surface area contributed by atoms with Crippen molar-refractivity contribution in [2.45, 2.75) is 111 Å². The Morgan fingerprint density at radius 2 is 1.27 bits per heavy atom. The first kappa shape index (κ1) is 68.0. The van der Waals surface area contributed by atoms with E-state index in [2.05, 4.69) is 45.1 Å². The minimum absolute atomic E-state index is 0. The summed E-state index contributed by atoms with van der Waals surface area (Å²) < 4.78 is 57.7. The Balaban J connectivity index is -0.0000000653. The average molecular weight is 898 g/mol. The summed E-state index contributed by atoms with van der Waals surface area (Å²) in [6, 6.07) is 0. The number of carbonyl (C=O) groups is 6. The molecule has 1 amide bonds. The van der Waals surface area contributed by atoms with Gasteiger partial charge in [0.1, 0.15) is 19.7 Å². The number of nitrogens with zero attached hydrogens (tertiary/aromatic N) is 1. The van der Waals surface area contributed by atoms with Crippen molar-refractivity contribution >= 4 is 67.6 Å². The molecule has 13 nitrogen and oxygen atoms in total. The number of halogens is 4. The van der Waals surface area contributed by atoms with E-state index in [1.54, 1.807) is 14.0 Å². The molecule has 3 aliphatic heterocycles. The number of hydrogen-bond acceptors (Lipinski definition) is 12.